The molecule has 2 unspecified atom stereocenters. The number of nitrogens with one attached hydrogen (secondary N) is 1. The minimum Gasteiger partial charge on any atom is -0.485 e. The van der Waals surface area contributed by atoms with Crippen molar-refractivity contribution in [3.63, 3.8) is 0 Å². The first-order chi connectivity index (χ1) is 10.9. The molecule has 0 saturated carbocycles. The van der Waals surface area contributed by atoms with Crippen molar-refractivity contribution in [1.82, 2.24) is 15.6 Å². The molecule has 0 saturated heterocycles. The summed E-state index contributed by atoms with van der Waals surface area (Å²) in [6, 6.07) is 3.12. The van der Waals surface area contributed by atoms with E-state index >= 15 is 0 Å². The van der Waals surface area contributed by atoms with E-state index in [1.54, 1.807) is 26.0 Å². The number of hydrogen-bond acceptors (Lipinski definition) is 7. The summed E-state index contributed by atoms with van der Waals surface area (Å²) in [5.74, 6) is -0.227. The maximum atomic E-state index is 10.6. The molecule has 124 valence electrons. The van der Waals surface area contributed by atoms with Gasteiger partial charge in [0.15, 0.2) is 0 Å². The second kappa shape index (κ2) is 5.78. The molecule has 8 nitrogen and oxygen atoms in total. The number of rotatable bonds is 5. The highest BCUT2D eigenvalue weighted by atomic mass is 16.6. The van der Waals surface area contributed by atoms with Gasteiger partial charge in [0, 0.05) is 18.1 Å². The number of nitrogens with zero attached hydrogens (tertiary/aromatic N) is 2. The van der Waals surface area contributed by atoms with Crippen LogP contribution in [0.15, 0.2) is 16.8 Å². The first-order valence-corrected chi connectivity index (χ1v) is 7.47. The average Bonchev–Trinajstić information content (AvgIpc) is 2.91. The fraction of sp³-hybridized carbons (Fsp3) is 0.533. The lowest BCUT2D eigenvalue weighted by molar-refractivity contribution is -0.137. The first-order valence-electron chi connectivity index (χ1n) is 7.47. The number of fused-ring (bicyclic) bond motifs is 2. The average molecular weight is 321 g/mol. The van der Waals surface area contributed by atoms with Gasteiger partial charge in [0.2, 0.25) is 0 Å². The zero-order chi connectivity index (χ0) is 16.6. The summed E-state index contributed by atoms with van der Waals surface area (Å²) < 4.78 is 10.6. The van der Waals surface area contributed by atoms with Crippen LogP contribution in [-0.4, -0.2) is 44.7 Å². The molecule has 1 aliphatic heterocycles. The second-order valence-corrected chi connectivity index (χ2v) is 6.22. The van der Waals surface area contributed by atoms with Crippen molar-refractivity contribution in [2.45, 2.75) is 44.4 Å². The third kappa shape index (κ3) is 2.99. The highest BCUT2D eigenvalue weighted by Gasteiger charge is 2.43. The highest BCUT2D eigenvalue weighted by Crippen LogP contribution is 2.41. The van der Waals surface area contributed by atoms with Gasteiger partial charge >= 0.3 is 5.97 Å². The molecule has 3 N–H and O–H groups in total. The van der Waals surface area contributed by atoms with Crippen LogP contribution in [0.25, 0.3) is 11.0 Å². The Balaban J connectivity index is 1.88. The molecular formula is C15H19N3O5. The Morgan fingerprint density at radius 2 is 2.04 bits per heavy atom. The van der Waals surface area contributed by atoms with Crippen LogP contribution in [0.2, 0.25) is 0 Å². The quantitative estimate of drug-likeness (QED) is 0.704. The number of hydrogen-bond donors (Lipinski definition) is 3. The Labute approximate surface area is 132 Å². The van der Waals surface area contributed by atoms with Crippen molar-refractivity contribution < 1.29 is 24.4 Å². The van der Waals surface area contributed by atoms with Crippen LogP contribution in [0.1, 0.15) is 38.3 Å². The van der Waals surface area contributed by atoms with Crippen LogP contribution in [0, 0.1) is 0 Å². The van der Waals surface area contributed by atoms with Crippen LogP contribution < -0.4 is 10.1 Å². The van der Waals surface area contributed by atoms with E-state index in [0.29, 0.717) is 29.7 Å². The lowest BCUT2D eigenvalue weighted by atomic mass is 9.86. The Kier molecular flexibility index (Phi) is 3.95. The maximum Gasteiger partial charge on any atom is 0.303 e. The minimum absolute atomic E-state index is 0.0782. The van der Waals surface area contributed by atoms with E-state index in [1.807, 2.05) is 0 Å². The zero-order valence-electron chi connectivity index (χ0n) is 12.9. The van der Waals surface area contributed by atoms with Crippen LogP contribution in [0.5, 0.6) is 5.75 Å². The lowest BCUT2D eigenvalue weighted by Gasteiger charge is -2.42. The second-order valence-electron chi connectivity index (χ2n) is 6.22. The molecule has 0 bridgehead atoms. The number of aromatic nitrogens is 2. The minimum atomic E-state index is -0.838. The third-order valence-electron chi connectivity index (χ3n) is 4.05. The van der Waals surface area contributed by atoms with Gasteiger partial charge in [-0.05, 0) is 43.2 Å². The van der Waals surface area contributed by atoms with E-state index in [0.717, 1.165) is 5.56 Å². The molecule has 0 spiro atoms. The molecule has 8 heteroatoms. The summed E-state index contributed by atoms with van der Waals surface area (Å²) >= 11 is 0. The normalized spacial score (nSPS) is 22.6. The molecule has 2 aromatic rings. The number of carbonyl (C=O) groups is 1. The van der Waals surface area contributed by atoms with E-state index < -0.39 is 17.7 Å². The van der Waals surface area contributed by atoms with Crippen molar-refractivity contribution in [2.24, 2.45) is 0 Å². The van der Waals surface area contributed by atoms with Gasteiger partial charge in [-0.1, -0.05) is 0 Å². The first kappa shape index (κ1) is 15.7. The molecule has 0 fully saturated rings. The van der Waals surface area contributed by atoms with E-state index in [2.05, 4.69) is 15.6 Å². The van der Waals surface area contributed by atoms with Gasteiger partial charge in [-0.2, -0.15) is 0 Å². The molecule has 0 radical (unpaired) electrons. The van der Waals surface area contributed by atoms with Crippen LogP contribution in [0.3, 0.4) is 0 Å². The van der Waals surface area contributed by atoms with Crippen LogP contribution in [-0.2, 0) is 4.79 Å². The molecular weight excluding hydrogens is 302 g/mol. The number of aliphatic carboxylic acids is 1. The monoisotopic (exact) mass is 321 g/mol. The third-order valence-corrected chi connectivity index (χ3v) is 4.05. The summed E-state index contributed by atoms with van der Waals surface area (Å²) in [6.45, 7) is 4.08. The summed E-state index contributed by atoms with van der Waals surface area (Å²) in [5, 5.41) is 30.2. The van der Waals surface area contributed by atoms with Crippen molar-refractivity contribution in [2.75, 3.05) is 6.54 Å². The van der Waals surface area contributed by atoms with Crippen molar-refractivity contribution in [3.8, 4) is 5.75 Å². The Morgan fingerprint density at radius 1 is 1.35 bits per heavy atom. The Morgan fingerprint density at radius 3 is 2.74 bits per heavy atom. The Bertz CT molecular complexity index is 727. The fourth-order valence-corrected chi connectivity index (χ4v) is 2.79. The molecule has 1 aromatic heterocycles. The predicted octanol–water partition coefficient (Wildman–Crippen LogP) is 1.25. The summed E-state index contributed by atoms with van der Waals surface area (Å²) in [4.78, 5) is 10.6. The number of aliphatic hydroxyl groups is 1. The highest BCUT2D eigenvalue weighted by molar-refractivity contribution is 5.77. The number of carboxylic acid groups (broad SMARTS) is 1. The van der Waals surface area contributed by atoms with E-state index in [9.17, 15) is 9.90 Å². The molecule has 2 heterocycles. The number of ether oxygens (including phenoxy) is 1. The number of carboxylic acids is 1. The van der Waals surface area contributed by atoms with Gasteiger partial charge in [0.1, 0.15) is 28.5 Å². The van der Waals surface area contributed by atoms with Gasteiger partial charge in [0.05, 0.1) is 6.04 Å². The van der Waals surface area contributed by atoms with Gasteiger partial charge in [-0.15, -0.1) is 0 Å². The van der Waals surface area contributed by atoms with Crippen molar-refractivity contribution >= 4 is 17.0 Å². The summed E-state index contributed by atoms with van der Waals surface area (Å²) in [6.07, 6.45) is -0.241. The summed E-state index contributed by atoms with van der Waals surface area (Å²) in [7, 11) is 0. The SMILES string of the molecule is CC1(C)Oc2cc3nonc3cc2C(NCCCC(=O)O)C1O. The molecule has 23 heavy (non-hydrogen) atoms. The molecule has 1 aliphatic rings. The molecule has 2 atom stereocenters. The van der Waals surface area contributed by atoms with E-state index in [-0.39, 0.29) is 12.5 Å². The fourth-order valence-electron chi connectivity index (χ4n) is 2.79. The van der Waals surface area contributed by atoms with Gasteiger partial charge in [-0.3, -0.25) is 4.79 Å². The molecule has 3 rings (SSSR count). The summed E-state index contributed by atoms with van der Waals surface area (Å²) in [5.41, 5.74) is 1.13. The molecule has 0 aliphatic carbocycles. The van der Waals surface area contributed by atoms with E-state index in [4.69, 9.17) is 14.5 Å². The molecule has 1 aromatic carbocycles. The van der Waals surface area contributed by atoms with Gasteiger partial charge in [-0.25, -0.2) is 4.63 Å². The predicted molar refractivity (Wildman–Crippen MR) is 80.1 cm³/mol. The number of benzene rings is 1. The lowest BCUT2D eigenvalue weighted by Crippen LogP contribution is -2.52. The van der Waals surface area contributed by atoms with Gasteiger partial charge in [0.25, 0.3) is 0 Å². The van der Waals surface area contributed by atoms with Crippen molar-refractivity contribution in [1.29, 1.82) is 0 Å². The Hall–Kier alpha value is -2.19. The largest absolute Gasteiger partial charge is 0.485 e. The van der Waals surface area contributed by atoms with Crippen LogP contribution >= 0.6 is 0 Å². The number of aliphatic hydroxyl groups excluding tert-OH is 1. The molecule has 0 amide bonds. The van der Waals surface area contributed by atoms with Crippen LogP contribution in [0.4, 0.5) is 0 Å². The van der Waals surface area contributed by atoms with Crippen molar-refractivity contribution in [3.05, 3.63) is 17.7 Å². The standard InChI is InChI=1S/C15H19N3O5/c1-15(2)14(21)13(16-5-3-4-12(19)20)8-6-9-10(18-23-17-9)7-11(8)22-15/h6-7,13-14,16,21H,3-5H2,1-2H3,(H,19,20). The van der Waals surface area contributed by atoms with E-state index in [1.165, 1.54) is 0 Å². The zero-order valence-corrected chi connectivity index (χ0v) is 12.9. The smallest absolute Gasteiger partial charge is 0.303 e. The topological polar surface area (TPSA) is 118 Å². The van der Waals surface area contributed by atoms with Gasteiger partial charge < -0.3 is 20.3 Å². The maximum absolute atomic E-state index is 10.6.